The first-order valence-corrected chi connectivity index (χ1v) is 6.92. The van der Waals surface area contributed by atoms with Crippen molar-refractivity contribution in [2.45, 2.75) is 11.8 Å². The van der Waals surface area contributed by atoms with Crippen LogP contribution in [0.3, 0.4) is 0 Å². The van der Waals surface area contributed by atoms with Crippen LogP contribution in [0.1, 0.15) is 15.9 Å². The van der Waals surface area contributed by atoms with E-state index in [9.17, 15) is 10.0 Å². The third-order valence-corrected chi connectivity index (χ3v) is 3.80. The summed E-state index contributed by atoms with van der Waals surface area (Å²) in [5, 5.41) is 13.3. The van der Waals surface area contributed by atoms with Crippen LogP contribution in [0, 0.1) is 6.92 Å². The molecule has 0 saturated carbocycles. The summed E-state index contributed by atoms with van der Waals surface area (Å²) >= 11 is 1.10. The maximum Gasteiger partial charge on any atom is 0.151 e. The first-order chi connectivity index (χ1) is 9.65. The molecule has 5 heteroatoms. The Balaban J connectivity index is 2.28. The van der Waals surface area contributed by atoms with Crippen LogP contribution in [0.2, 0.25) is 0 Å². The quantitative estimate of drug-likeness (QED) is 0.498. The van der Waals surface area contributed by atoms with Gasteiger partial charge in [0.25, 0.3) is 0 Å². The standard InChI is InChI=1S/C15H16N2O2S/c1-11-7-8-14(13(9-11)16-2)17(19)20-15-6-4-3-5-12(15)10-18/h3-10,16,19H,1-2H3. The van der Waals surface area contributed by atoms with Crippen molar-refractivity contribution in [2.75, 3.05) is 16.8 Å². The number of nitrogens with zero attached hydrogens (tertiary/aromatic N) is 1. The summed E-state index contributed by atoms with van der Waals surface area (Å²) < 4.78 is 1.06. The van der Waals surface area contributed by atoms with Crippen LogP contribution in [0.5, 0.6) is 0 Å². The fourth-order valence-electron chi connectivity index (χ4n) is 1.82. The molecule has 0 spiro atoms. The number of carbonyl (C=O) groups excluding carboxylic acids is 1. The van der Waals surface area contributed by atoms with Crippen LogP contribution >= 0.6 is 11.9 Å². The summed E-state index contributed by atoms with van der Waals surface area (Å²) in [6, 6.07) is 12.8. The van der Waals surface area contributed by atoms with E-state index in [0.717, 1.165) is 34.0 Å². The molecule has 0 bridgehead atoms. The number of hydrogen-bond acceptors (Lipinski definition) is 5. The number of rotatable bonds is 5. The van der Waals surface area contributed by atoms with Gasteiger partial charge in [-0.3, -0.25) is 10.0 Å². The van der Waals surface area contributed by atoms with Crippen molar-refractivity contribution < 1.29 is 10.0 Å². The Kier molecular flexibility index (Phi) is 4.65. The Hall–Kier alpha value is -1.98. The highest BCUT2D eigenvalue weighted by Gasteiger charge is 2.12. The molecule has 2 N–H and O–H groups in total. The average molecular weight is 288 g/mol. The van der Waals surface area contributed by atoms with Crippen molar-refractivity contribution in [3.05, 3.63) is 53.6 Å². The number of benzene rings is 2. The third-order valence-electron chi connectivity index (χ3n) is 2.86. The molecule has 2 rings (SSSR count). The third kappa shape index (κ3) is 3.12. The summed E-state index contributed by atoms with van der Waals surface area (Å²) in [5.41, 5.74) is 3.12. The van der Waals surface area contributed by atoms with Gasteiger partial charge in [-0.1, -0.05) is 24.3 Å². The van der Waals surface area contributed by atoms with Gasteiger partial charge in [0.1, 0.15) is 0 Å². The van der Waals surface area contributed by atoms with Crippen LogP contribution in [0.4, 0.5) is 11.4 Å². The van der Waals surface area contributed by atoms with E-state index in [1.165, 1.54) is 0 Å². The molecule has 0 unspecified atom stereocenters. The van der Waals surface area contributed by atoms with Crippen LogP contribution in [-0.2, 0) is 0 Å². The highest BCUT2D eigenvalue weighted by Crippen LogP contribution is 2.34. The zero-order valence-corrected chi connectivity index (χ0v) is 12.1. The Morgan fingerprint density at radius 1 is 1.25 bits per heavy atom. The smallest absolute Gasteiger partial charge is 0.151 e. The monoisotopic (exact) mass is 288 g/mol. The van der Waals surface area contributed by atoms with Crippen molar-refractivity contribution in [3.63, 3.8) is 0 Å². The van der Waals surface area contributed by atoms with E-state index in [4.69, 9.17) is 0 Å². The van der Waals surface area contributed by atoms with Crippen molar-refractivity contribution in [3.8, 4) is 0 Å². The molecule has 20 heavy (non-hydrogen) atoms. The summed E-state index contributed by atoms with van der Waals surface area (Å²) in [4.78, 5) is 11.7. The first kappa shape index (κ1) is 14.4. The molecule has 0 atom stereocenters. The van der Waals surface area contributed by atoms with Crippen LogP contribution < -0.4 is 9.79 Å². The predicted molar refractivity (Wildman–Crippen MR) is 82.7 cm³/mol. The molecule has 0 aromatic heterocycles. The van der Waals surface area contributed by atoms with Gasteiger partial charge in [-0.2, -0.15) is 4.47 Å². The minimum Gasteiger partial charge on any atom is -0.386 e. The Morgan fingerprint density at radius 2 is 2.00 bits per heavy atom. The van der Waals surface area contributed by atoms with E-state index >= 15 is 0 Å². The van der Waals surface area contributed by atoms with E-state index in [1.807, 2.05) is 31.2 Å². The van der Waals surface area contributed by atoms with Crippen LogP contribution in [-0.4, -0.2) is 18.5 Å². The molecule has 4 nitrogen and oxygen atoms in total. The zero-order valence-electron chi connectivity index (χ0n) is 11.3. The molecule has 104 valence electrons. The average Bonchev–Trinajstić information content (AvgIpc) is 2.47. The van der Waals surface area contributed by atoms with Crippen LogP contribution in [0.15, 0.2) is 47.4 Å². The summed E-state index contributed by atoms with van der Waals surface area (Å²) in [6.07, 6.45) is 0.782. The Labute approximate surface area is 122 Å². The summed E-state index contributed by atoms with van der Waals surface area (Å²) in [6.45, 7) is 1.99. The van der Waals surface area contributed by atoms with Gasteiger partial charge >= 0.3 is 0 Å². The molecule has 0 aliphatic rings. The molecule has 2 aromatic rings. The molecule has 2 aromatic carbocycles. The van der Waals surface area contributed by atoms with Crippen molar-refractivity contribution in [1.29, 1.82) is 0 Å². The largest absolute Gasteiger partial charge is 0.386 e. The second-order valence-corrected chi connectivity index (χ2v) is 5.26. The normalized spacial score (nSPS) is 10.2. The van der Waals surface area contributed by atoms with Crippen molar-refractivity contribution in [1.82, 2.24) is 0 Å². The van der Waals surface area contributed by atoms with Gasteiger partial charge in [-0.25, -0.2) is 0 Å². The number of nitrogens with one attached hydrogen (secondary N) is 1. The number of carbonyl (C=O) groups is 1. The Bertz CT molecular complexity index is 617. The molecular formula is C15H16N2O2S. The van der Waals surface area contributed by atoms with Crippen molar-refractivity contribution >= 4 is 29.6 Å². The lowest BCUT2D eigenvalue weighted by Gasteiger charge is -2.19. The number of anilines is 2. The molecule has 0 radical (unpaired) electrons. The fraction of sp³-hybridized carbons (Fsp3) is 0.133. The predicted octanol–water partition coefficient (Wildman–Crippen LogP) is 3.75. The summed E-state index contributed by atoms with van der Waals surface area (Å²) in [7, 11) is 1.80. The number of hydrogen-bond donors (Lipinski definition) is 2. The molecule has 0 aliphatic heterocycles. The van der Waals surface area contributed by atoms with Gasteiger partial charge in [-0.15, -0.1) is 0 Å². The maximum absolute atomic E-state index is 11.0. The molecule has 0 heterocycles. The Morgan fingerprint density at radius 3 is 2.70 bits per heavy atom. The molecule has 0 fully saturated rings. The maximum atomic E-state index is 11.0. The lowest BCUT2D eigenvalue weighted by atomic mass is 10.2. The van der Waals surface area contributed by atoms with E-state index in [2.05, 4.69) is 5.32 Å². The van der Waals surface area contributed by atoms with Gasteiger partial charge in [-0.05, 0) is 30.7 Å². The van der Waals surface area contributed by atoms with E-state index in [1.54, 1.807) is 25.2 Å². The van der Waals surface area contributed by atoms with Crippen molar-refractivity contribution in [2.24, 2.45) is 0 Å². The SMILES string of the molecule is CNc1cc(C)ccc1N(O)Sc1ccccc1C=O. The second kappa shape index (κ2) is 6.45. The van der Waals surface area contributed by atoms with Gasteiger partial charge in [0, 0.05) is 29.5 Å². The van der Waals surface area contributed by atoms with E-state index < -0.39 is 0 Å². The molecule has 0 amide bonds. The summed E-state index contributed by atoms with van der Waals surface area (Å²) in [5.74, 6) is 0. The van der Waals surface area contributed by atoms with Gasteiger partial charge in [0.05, 0.1) is 11.4 Å². The highest BCUT2D eigenvalue weighted by atomic mass is 32.2. The van der Waals surface area contributed by atoms with Gasteiger partial charge in [0.15, 0.2) is 6.29 Å². The van der Waals surface area contributed by atoms with E-state index in [0.29, 0.717) is 16.1 Å². The van der Waals surface area contributed by atoms with Gasteiger partial charge < -0.3 is 5.32 Å². The topological polar surface area (TPSA) is 52.6 Å². The van der Waals surface area contributed by atoms with Crippen LogP contribution in [0.25, 0.3) is 0 Å². The minimum atomic E-state index is 0.551. The molecule has 0 aliphatic carbocycles. The first-order valence-electron chi connectivity index (χ1n) is 6.15. The number of aldehydes is 1. The molecule has 0 saturated heterocycles. The fourth-order valence-corrected chi connectivity index (χ4v) is 2.63. The zero-order chi connectivity index (χ0) is 14.5. The lowest BCUT2D eigenvalue weighted by molar-refractivity contribution is 0.112. The molecular weight excluding hydrogens is 272 g/mol. The number of aryl methyl sites for hydroxylation is 1. The second-order valence-electron chi connectivity index (χ2n) is 4.29. The minimum absolute atomic E-state index is 0.551. The van der Waals surface area contributed by atoms with E-state index in [-0.39, 0.29) is 0 Å². The highest BCUT2D eigenvalue weighted by molar-refractivity contribution is 8.00. The van der Waals surface area contributed by atoms with Gasteiger partial charge in [0.2, 0.25) is 0 Å². The lowest BCUT2D eigenvalue weighted by Crippen LogP contribution is -2.10.